The molecule has 0 saturated carbocycles. The van der Waals surface area contributed by atoms with Crippen molar-refractivity contribution in [2.75, 3.05) is 0 Å². The van der Waals surface area contributed by atoms with Gasteiger partial charge in [0.05, 0.1) is 10.8 Å². The molecule has 0 fully saturated rings. The lowest BCUT2D eigenvalue weighted by Gasteiger charge is -2.22. The molecule has 0 atom stereocenters. The summed E-state index contributed by atoms with van der Waals surface area (Å²) in [5.41, 5.74) is -1.10. The van der Waals surface area contributed by atoms with Crippen molar-refractivity contribution in [1.29, 1.82) is 0 Å². The molecular weight excluding hydrogens is 408 g/mol. The zero-order valence-electron chi connectivity index (χ0n) is 17.2. The number of benzene rings is 8. The molecule has 0 saturated heterocycles. The summed E-state index contributed by atoms with van der Waals surface area (Å²) >= 11 is 0. The lowest BCUT2D eigenvalue weighted by Crippen LogP contribution is -1.98. The Kier molecular flexibility index (Phi) is 2.42. The van der Waals surface area contributed by atoms with E-state index in [-0.39, 0.29) is 0 Å². The Labute approximate surface area is 184 Å². The van der Waals surface area contributed by atoms with Gasteiger partial charge in [0.15, 0.2) is 0 Å². The quantitative estimate of drug-likeness (QED) is 0.196. The highest BCUT2D eigenvalue weighted by atomic mass is 16.4. The fourth-order valence-corrected chi connectivity index (χ4v) is 6.59. The Bertz CT molecular complexity index is 2370. The number of hydrogen-bond donors (Lipinski definition) is 0. The molecule has 3 nitrogen and oxygen atoms in total. The first-order valence-electron chi connectivity index (χ1n) is 11.0. The Morgan fingerprint density at radius 2 is 0.848 bits per heavy atom. The van der Waals surface area contributed by atoms with Crippen molar-refractivity contribution in [1.82, 2.24) is 0 Å². The molecule has 0 unspecified atom stereocenters. The van der Waals surface area contributed by atoms with Crippen LogP contribution < -0.4 is 11.3 Å². The van der Waals surface area contributed by atoms with Gasteiger partial charge in [-0.15, -0.1) is 0 Å². The highest BCUT2D eigenvalue weighted by Gasteiger charge is 2.26. The molecule has 0 amide bonds. The van der Waals surface area contributed by atoms with Crippen LogP contribution in [-0.2, 0) is 0 Å². The van der Waals surface area contributed by atoms with Crippen LogP contribution in [0.2, 0.25) is 0 Å². The van der Waals surface area contributed by atoms with E-state index in [4.69, 9.17) is 4.42 Å². The zero-order valence-corrected chi connectivity index (χ0v) is 17.2. The third-order valence-corrected chi connectivity index (χ3v) is 7.74. The molecule has 0 bridgehead atoms. The predicted molar refractivity (Wildman–Crippen MR) is 136 cm³/mol. The highest BCUT2D eigenvalue weighted by Crippen LogP contribution is 2.51. The summed E-state index contributed by atoms with van der Waals surface area (Å²) in [5, 5.41) is 16.0. The second kappa shape index (κ2) is 4.94. The van der Waals surface area contributed by atoms with Gasteiger partial charge in [0.1, 0.15) is 0 Å². The highest BCUT2D eigenvalue weighted by molar-refractivity contribution is 6.51. The average Bonchev–Trinajstić information content (AvgIpc) is 3.15. The standard InChI is InChI=1S/C30H12O3/c31-29-26-19-12-10-14-3-1-5-16-17-11-9-15-8-7-13-4-2-6-18-21(13)22(15)23(17)27(24(19)20(14)16)25(18)28(26)30(32)33-29/h1-12H. The Hall–Kier alpha value is -4.50. The fourth-order valence-electron chi connectivity index (χ4n) is 6.59. The Balaban J connectivity index is 1.90. The first-order valence-corrected chi connectivity index (χ1v) is 11.0. The van der Waals surface area contributed by atoms with Crippen molar-refractivity contribution in [3.05, 3.63) is 93.6 Å². The van der Waals surface area contributed by atoms with E-state index in [1.165, 1.54) is 21.5 Å². The largest absolute Gasteiger partial charge is 0.386 e. The smallest absolute Gasteiger partial charge is 0.347 e. The van der Waals surface area contributed by atoms with Crippen LogP contribution in [0.1, 0.15) is 0 Å². The first kappa shape index (κ1) is 16.2. The topological polar surface area (TPSA) is 47.3 Å². The molecule has 0 radical (unpaired) electrons. The summed E-state index contributed by atoms with van der Waals surface area (Å²) in [4.78, 5) is 26.1. The van der Waals surface area contributed by atoms with Crippen LogP contribution >= 0.6 is 0 Å². The van der Waals surface area contributed by atoms with Gasteiger partial charge in [-0.3, -0.25) is 0 Å². The summed E-state index contributed by atoms with van der Waals surface area (Å²) in [5.74, 6) is 0. The van der Waals surface area contributed by atoms with Crippen LogP contribution in [0.4, 0.5) is 0 Å². The van der Waals surface area contributed by atoms with Gasteiger partial charge < -0.3 is 4.42 Å². The number of hydrogen-bond acceptors (Lipinski definition) is 3. The van der Waals surface area contributed by atoms with E-state index in [1.54, 1.807) is 0 Å². The summed E-state index contributed by atoms with van der Waals surface area (Å²) in [7, 11) is 0. The molecule has 3 heteroatoms. The maximum absolute atomic E-state index is 13.1. The molecular formula is C30H12O3. The summed E-state index contributed by atoms with van der Waals surface area (Å²) < 4.78 is 5.21. The first-order chi connectivity index (χ1) is 16.2. The average molecular weight is 420 g/mol. The van der Waals surface area contributed by atoms with E-state index in [9.17, 15) is 9.59 Å². The Morgan fingerprint density at radius 3 is 1.64 bits per heavy atom. The minimum absolute atomic E-state index is 0.400. The van der Waals surface area contributed by atoms with Crippen LogP contribution in [0, 0.1) is 0 Å². The lowest BCUT2D eigenvalue weighted by molar-refractivity contribution is 0.500. The van der Waals surface area contributed by atoms with E-state index in [1.807, 2.05) is 18.2 Å². The normalized spacial score (nSPS) is 13.1. The predicted octanol–water partition coefficient (Wildman–Crippen LogP) is 6.98. The van der Waals surface area contributed by atoms with Gasteiger partial charge in [0, 0.05) is 10.8 Å². The van der Waals surface area contributed by atoms with Crippen LogP contribution in [-0.4, -0.2) is 0 Å². The van der Waals surface area contributed by atoms with Crippen LogP contribution in [0.15, 0.2) is 86.8 Å². The van der Waals surface area contributed by atoms with Gasteiger partial charge in [-0.1, -0.05) is 72.8 Å². The van der Waals surface area contributed by atoms with Gasteiger partial charge in [0.2, 0.25) is 0 Å². The maximum atomic E-state index is 13.1. The third-order valence-electron chi connectivity index (χ3n) is 7.74. The molecule has 0 aliphatic carbocycles. The monoisotopic (exact) mass is 420 g/mol. The molecule has 1 heterocycles. The van der Waals surface area contributed by atoms with Crippen molar-refractivity contribution >= 4 is 86.2 Å². The maximum Gasteiger partial charge on any atom is 0.347 e. The fraction of sp³-hybridized carbons (Fsp3) is 0. The minimum atomic E-state index is -0.551. The second-order valence-electron chi connectivity index (χ2n) is 9.12. The van der Waals surface area contributed by atoms with Gasteiger partial charge in [-0.05, 0) is 64.6 Å². The van der Waals surface area contributed by atoms with Gasteiger partial charge >= 0.3 is 11.3 Å². The van der Waals surface area contributed by atoms with Crippen molar-refractivity contribution in [3.8, 4) is 0 Å². The summed E-state index contributed by atoms with van der Waals surface area (Å²) in [6.45, 7) is 0. The molecule has 33 heavy (non-hydrogen) atoms. The van der Waals surface area contributed by atoms with E-state index >= 15 is 0 Å². The molecule has 0 aliphatic heterocycles. The molecule has 9 rings (SSSR count). The van der Waals surface area contributed by atoms with Crippen LogP contribution in [0.3, 0.4) is 0 Å². The Morgan fingerprint density at radius 1 is 0.364 bits per heavy atom. The molecule has 9 aromatic rings. The van der Waals surface area contributed by atoms with Gasteiger partial charge in [-0.2, -0.15) is 0 Å². The van der Waals surface area contributed by atoms with Gasteiger partial charge in [-0.25, -0.2) is 9.59 Å². The summed E-state index contributed by atoms with van der Waals surface area (Å²) in [6.07, 6.45) is 0. The van der Waals surface area contributed by atoms with Crippen molar-refractivity contribution in [2.24, 2.45) is 0 Å². The van der Waals surface area contributed by atoms with Gasteiger partial charge in [0.25, 0.3) is 0 Å². The van der Waals surface area contributed by atoms with Crippen LogP contribution in [0.25, 0.3) is 86.2 Å². The van der Waals surface area contributed by atoms with Crippen molar-refractivity contribution < 1.29 is 4.42 Å². The number of furan rings is 1. The molecule has 0 spiro atoms. The van der Waals surface area contributed by atoms with E-state index < -0.39 is 11.3 Å². The van der Waals surface area contributed by atoms with E-state index in [2.05, 4.69) is 54.6 Å². The number of fused-ring (bicyclic) bond motifs is 5. The minimum Gasteiger partial charge on any atom is -0.386 e. The molecule has 0 aliphatic rings. The second-order valence-corrected chi connectivity index (χ2v) is 9.12. The summed E-state index contributed by atoms with van der Waals surface area (Å²) in [6, 6.07) is 25.3. The molecule has 1 aromatic heterocycles. The SMILES string of the molecule is O=c1oc(=O)c2c1c1ccc3cccc4c5ccc6ccc7cccc8c7c6c5c(c82)c1c34. The van der Waals surface area contributed by atoms with E-state index in [0.717, 1.165) is 53.9 Å². The third kappa shape index (κ3) is 1.58. The molecule has 8 aromatic carbocycles. The molecule has 150 valence electrons. The number of rotatable bonds is 0. The van der Waals surface area contributed by atoms with Crippen molar-refractivity contribution in [3.63, 3.8) is 0 Å². The van der Waals surface area contributed by atoms with Crippen LogP contribution in [0.5, 0.6) is 0 Å². The van der Waals surface area contributed by atoms with E-state index in [0.29, 0.717) is 10.8 Å². The van der Waals surface area contributed by atoms with Crippen molar-refractivity contribution in [2.45, 2.75) is 0 Å². The lowest BCUT2D eigenvalue weighted by atomic mass is 9.80. The molecule has 0 N–H and O–H groups in total. The zero-order chi connectivity index (χ0) is 21.6.